The van der Waals surface area contributed by atoms with Crippen LogP contribution in [0.1, 0.15) is 56.3 Å². The van der Waals surface area contributed by atoms with Gasteiger partial charge in [0.2, 0.25) is 5.91 Å². The van der Waals surface area contributed by atoms with Crippen LogP contribution in [0.3, 0.4) is 0 Å². The van der Waals surface area contributed by atoms with Crippen molar-refractivity contribution in [3.05, 3.63) is 29.8 Å². The molecule has 0 bridgehead atoms. The van der Waals surface area contributed by atoms with Gasteiger partial charge in [0.25, 0.3) is 5.91 Å². The molecule has 136 valence electrons. The molecule has 1 aromatic carbocycles. The van der Waals surface area contributed by atoms with E-state index in [2.05, 4.69) is 5.32 Å². The van der Waals surface area contributed by atoms with Crippen molar-refractivity contribution in [1.82, 2.24) is 4.90 Å². The third-order valence-electron chi connectivity index (χ3n) is 4.31. The number of carbonyl (C=O) groups excluding carboxylic acids is 2. The quantitative estimate of drug-likeness (QED) is 0.828. The van der Waals surface area contributed by atoms with Crippen LogP contribution < -0.4 is 5.32 Å². The predicted octanol–water partition coefficient (Wildman–Crippen LogP) is 3.14. The number of carbonyl (C=O) groups is 3. The van der Waals surface area contributed by atoms with Gasteiger partial charge in [-0.1, -0.05) is 19.9 Å². The fourth-order valence-electron chi connectivity index (χ4n) is 3.12. The zero-order valence-corrected chi connectivity index (χ0v) is 14.9. The molecule has 0 aromatic heterocycles. The Labute approximate surface area is 148 Å². The van der Waals surface area contributed by atoms with Crippen LogP contribution >= 0.6 is 0 Å². The van der Waals surface area contributed by atoms with Crippen molar-refractivity contribution in [3.8, 4) is 0 Å². The smallest absolute Gasteiger partial charge is 0.303 e. The van der Waals surface area contributed by atoms with Crippen LogP contribution in [0.5, 0.6) is 0 Å². The fraction of sp³-hybridized carbons (Fsp3) is 0.526. The van der Waals surface area contributed by atoms with E-state index < -0.39 is 11.4 Å². The standard InChI is InChI=1S/C19H26N2O4/c1-19(2,13-17(23)24)12-16(22)20-15-8-6-7-14(11-15)18(25)21-9-4-3-5-10-21/h6-8,11H,3-5,9-10,12-13H2,1-2H3,(H,20,22)(H,23,24). The summed E-state index contributed by atoms with van der Waals surface area (Å²) in [6.45, 7) is 5.05. The molecule has 6 nitrogen and oxygen atoms in total. The average molecular weight is 346 g/mol. The topological polar surface area (TPSA) is 86.7 Å². The molecule has 0 atom stereocenters. The number of nitrogens with one attached hydrogen (secondary N) is 1. The predicted molar refractivity (Wildman–Crippen MR) is 95.5 cm³/mol. The summed E-state index contributed by atoms with van der Waals surface area (Å²) < 4.78 is 0. The molecule has 2 N–H and O–H groups in total. The van der Waals surface area contributed by atoms with E-state index in [9.17, 15) is 14.4 Å². The van der Waals surface area contributed by atoms with Gasteiger partial charge in [0.1, 0.15) is 0 Å². The van der Waals surface area contributed by atoms with E-state index in [1.165, 1.54) is 0 Å². The van der Waals surface area contributed by atoms with Crippen molar-refractivity contribution in [2.45, 2.75) is 46.0 Å². The summed E-state index contributed by atoms with van der Waals surface area (Å²) in [5.74, 6) is -1.19. The van der Waals surface area contributed by atoms with Gasteiger partial charge in [-0.05, 0) is 42.9 Å². The Bertz CT molecular complexity index is 649. The van der Waals surface area contributed by atoms with Crippen LogP contribution in [0, 0.1) is 5.41 Å². The highest BCUT2D eigenvalue weighted by molar-refractivity contribution is 5.97. The number of likely N-dealkylation sites (tertiary alicyclic amines) is 1. The average Bonchev–Trinajstić information content (AvgIpc) is 2.53. The van der Waals surface area contributed by atoms with Gasteiger partial charge < -0.3 is 15.3 Å². The van der Waals surface area contributed by atoms with Gasteiger partial charge in [-0.3, -0.25) is 14.4 Å². The van der Waals surface area contributed by atoms with Crippen LogP contribution in [0.4, 0.5) is 5.69 Å². The van der Waals surface area contributed by atoms with Gasteiger partial charge in [-0.25, -0.2) is 0 Å². The number of nitrogens with zero attached hydrogens (tertiary/aromatic N) is 1. The number of piperidine rings is 1. The van der Waals surface area contributed by atoms with E-state index in [0.717, 1.165) is 32.4 Å². The molecule has 0 spiro atoms. The Morgan fingerprint density at radius 1 is 1.12 bits per heavy atom. The third-order valence-corrected chi connectivity index (χ3v) is 4.31. The van der Waals surface area contributed by atoms with E-state index >= 15 is 0 Å². The Hall–Kier alpha value is -2.37. The molecule has 6 heteroatoms. The van der Waals surface area contributed by atoms with Crippen LogP contribution in [0.25, 0.3) is 0 Å². The molecule has 2 amide bonds. The molecule has 1 aliphatic rings. The Kier molecular flexibility index (Phi) is 6.17. The molecule has 0 aliphatic carbocycles. The number of hydrogen-bond donors (Lipinski definition) is 2. The number of anilines is 1. The molecule has 1 heterocycles. The molecule has 1 aliphatic heterocycles. The first-order chi connectivity index (χ1) is 11.8. The molecule has 0 saturated carbocycles. The van der Waals surface area contributed by atoms with Crippen LogP contribution in [-0.4, -0.2) is 40.9 Å². The maximum absolute atomic E-state index is 12.5. The van der Waals surface area contributed by atoms with E-state index in [4.69, 9.17) is 5.11 Å². The maximum atomic E-state index is 12.5. The summed E-state index contributed by atoms with van der Waals surface area (Å²) >= 11 is 0. The van der Waals surface area contributed by atoms with Crippen molar-refractivity contribution in [2.75, 3.05) is 18.4 Å². The van der Waals surface area contributed by atoms with Crippen LogP contribution in [-0.2, 0) is 9.59 Å². The zero-order chi connectivity index (χ0) is 18.4. The van der Waals surface area contributed by atoms with Gasteiger partial charge in [0, 0.05) is 30.8 Å². The zero-order valence-electron chi connectivity index (χ0n) is 14.9. The van der Waals surface area contributed by atoms with Gasteiger partial charge in [0.05, 0.1) is 6.42 Å². The molecule has 0 radical (unpaired) electrons. The number of aliphatic carboxylic acids is 1. The van der Waals surface area contributed by atoms with Gasteiger partial charge in [-0.2, -0.15) is 0 Å². The van der Waals surface area contributed by atoms with Crippen LogP contribution in [0.15, 0.2) is 24.3 Å². The van der Waals surface area contributed by atoms with Crippen LogP contribution in [0.2, 0.25) is 0 Å². The van der Waals surface area contributed by atoms with E-state index in [1.807, 2.05) is 4.90 Å². The molecule has 0 unspecified atom stereocenters. The normalized spacial score (nSPS) is 14.9. The molecule has 25 heavy (non-hydrogen) atoms. The van der Waals surface area contributed by atoms with E-state index in [1.54, 1.807) is 38.1 Å². The molecule has 1 aromatic rings. The third kappa shape index (κ3) is 5.89. The second-order valence-electron chi connectivity index (χ2n) is 7.39. The second kappa shape index (κ2) is 8.14. The lowest BCUT2D eigenvalue weighted by molar-refractivity contribution is -0.139. The molecular formula is C19H26N2O4. The summed E-state index contributed by atoms with van der Waals surface area (Å²) in [7, 11) is 0. The lowest BCUT2D eigenvalue weighted by atomic mass is 9.85. The first-order valence-electron chi connectivity index (χ1n) is 8.68. The van der Waals surface area contributed by atoms with Gasteiger partial charge >= 0.3 is 5.97 Å². The Balaban J connectivity index is 1.99. The number of carboxylic acid groups (broad SMARTS) is 1. The Morgan fingerprint density at radius 3 is 2.44 bits per heavy atom. The highest BCUT2D eigenvalue weighted by Crippen LogP contribution is 2.26. The monoisotopic (exact) mass is 346 g/mol. The van der Waals surface area contributed by atoms with Gasteiger partial charge in [-0.15, -0.1) is 0 Å². The lowest BCUT2D eigenvalue weighted by Gasteiger charge is -2.27. The number of benzene rings is 1. The molecule has 2 rings (SSSR count). The number of hydrogen-bond acceptors (Lipinski definition) is 3. The lowest BCUT2D eigenvalue weighted by Crippen LogP contribution is -2.35. The first-order valence-corrected chi connectivity index (χ1v) is 8.68. The minimum absolute atomic E-state index is 0.0120. The van der Waals surface area contributed by atoms with E-state index in [-0.39, 0.29) is 24.7 Å². The summed E-state index contributed by atoms with van der Waals surface area (Å²) in [5, 5.41) is 11.7. The summed E-state index contributed by atoms with van der Waals surface area (Å²) in [4.78, 5) is 37.4. The Morgan fingerprint density at radius 2 is 1.80 bits per heavy atom. The largest absolute Gasteiger partial charge is 0.481 e. The van der Waals surface area contributed by atoms with Crippen molar-refractivity contribution >= 4 is 23.5 Å². The maximum Gasteiger partial charge on any atom is 0.303 e. The summed E-state index contributed by atoms with van der Waals surface area (Å²) in [6, 6.07) is 6.91. The first kappa shape index (κ1) is 19.0. The molecule has 1 saturated heterocycles. The fourth-order valence-corrected chi connectivity index (χ4v) is 3.12. The van der Waals surface area contributed by atoms with Crippen molar-refractivity contribution in [1.29, 1.82) is 0 Å². The number of carboxylic acids is 1. The molecular weight excluding hydrogens is 320 g/mol. The van der Waals surface area contributed by atoms with Crippen molar-refractivity contribution < 1.29 is 19.5 Å². The minimum Gasteiger partial charge on any atom is -0.481 e. The van der Waals surface area contributed by atoms with Crippen molar-refractivity contribution in [2.24, 2.45) is 5.41 Å². The SMILES string of the molecule is CC(C)(CC(=O)O)CC(=O)Nc1cccc(C(=O)N2CCCCC2)c1. The second-order valence-corrected chi connectivity index (χ2v) is 7.39. The highest BCUT2D eigenvalue weighted by atomic mass is 16.4. The summed E-state index contributed by atoms with van der Waals surface area (Å²) in [6.07, 6.45) is 3.24. The molecule has 1 fully saturated rings. The number of amides is 2. The minimum atomic E-state index is -0.924. The number of rotatable bonds is 6. The van der Waals surface area contributed by atoms with E-state index in [0.29, 0.717) is 11.3 Å². The summed E-state index contributed by atoms with van der Waals surface area (Å²) in [5.41, 5.74) is 0.487. The van der Waals surface area contributed by atoms with Gasteiger partial charge in [0.15, 0.2) is 0 Å². The highest BCUT2D eigenvalue weighted by Gasteiger charge is 2.25. The van der Waals surface area contributed by atoms with Crippen molar-refractivity contribution in [3.63, 3.8) is 0 Å².